The fourth-order valence-corrected chi connectivity index (χ4v) is 2.27. The van der Waals surface area contributed by atoms with Gasteiger partial charge < -0.3 is 9.90 Å². The normalized spacial score (nSPS) is 11.9. The number of benzene rings is 2. The molecule has 0 aromatic heterocycles. The van der Waals surface area contributed by atoms with Crippen LogP contribution in [0.1, 0.15) is 11.1 Å². The van der Waals surface area contributed by atoms with E-state index in [0.717, 1.165) is 5.56 Å². The zero-order valence-electron chi connectivity index (χ0n) is 12.0. The van der Waals surface area contributed by atoms with Crippen LogP contribution in [0, 0.1) is 0 Å². The van der Waals surface area contributed by atoms with E-state index in [1.807, 2.05) is 30.3 Å². The maximum Gasteiger partial charge on any atom is 1.00 e. The summed E-state index contributed by atoms with van der Waals surface area (Å²) in [6, 6.07) is 13.2. The largest absolute Gasteiger partial charge is 1.00 e. The molecule has 0 aliphatic heterocycles. The molecule has 3 nitrogen and oxygen atoms in total. The number of carbonyl (C=O) groups is 1. The van der Waals surface area contributed by atoms with Crippen LogP contribution in [0.25, 0.3) is 0 Å². The number of aliphatic carboxylic acids is 1. The van der Waals surface area contributed by atoms with Gasteiger partial charge in [-0.05, 0) is 17.7 Å². The first-order valence-corrected chi connectivity index (χ1v) is 7.05. The Hall–Kier alpha value is -0.840. The zero-order chi connectivity index (χ0) is 15.2. The van der Waals surface area contributed by atoms with Crippen LogP contribution in [-0.2, 0) is 11.2 Å². The Morgan fingerprint density at radius 3 is 2.45 bits per heavy atom. The Balaban J connectivity index is 0.00000242. The second-order valence-electron chi connectivity index (χ2n) is 4.47. The second kappa shape index (κ2) is 9.33. The maximum absolute atomic E-state index is 11.2. The van der Waals surface area contributed by atoms with Gasteiger partial charge in [-0.15, -0.1) is 0 Å². The van der Waals surface area contributed by atoms with Crippen LogP contribution in [0.15, 0.2) is 53.5 Å². The zero-order valence-corrected chi connectivity index (χ0v) is 15.5. The van der Waals surface area contributed by atoms with Crippen LogP contribution in [0.3, 0.4) is 0 Å². The average molecular weight is 344 g/mol. The summed E-state index contributed by atoms with van der Waals surface area (Å²) in [7, 11) is 0. The molecule has 1 atom stereocenters. The van der Waals surface area contributed by atoms with E-state index < -0.39 is 12.0 Å². The Morgan fingerprint density at radius 2 is 1.86 bits per heavy atom. The van der Waals surface area contributed by atoms with E-state index in [2.05, 4.69) is 4.99 Å². The second-order valence-corrected chi connectivity index (χ2v) is 5.31. The maximum atomic E-state index is 11.2. The molecule has 0 aliphatic rings. The monoisotopic (exact) mass is 343 g/mol. The molecule has 2 rings (SSSR count). The van der Waals surface area contributed by atoms with Crippen molar-refractivity contribution in [1.29, 1.82) is 0 Å². The first-order valence-electron chi connectivity index (χ1n) is 6.29. The number of carbonyl (C=O) groups excluding carboxylic acids is 1. The van der Waals surface area contributed by atoms with E-state index in [1.54, 1.807) is 18.2 Å². The first-order chi connectivity index (χ1) is 10.1. The predicted octanol–water partition coefficient (Wildman–Crippen LogP) is -0.223. The molecule has 0 saturated heterocycles. The Kier molecular flexibility index (Phi) is 8.15. The number of nitrogens with zero attached hydrogens (tertiary/aromatic N) is 1. The summed E-state index contributed by atoms with van der Waals surface area (Å²) in [5, 5.41) is 12.1. The van der Waals surface area contributed by atoms with E-state index in [9.17, 15) is 9.90 Å². The summed E-state index contributed by atoms with van der Waals surface area (Å²) in [4.78, 5) is 15.2. The van der Waals surface area contributed by atoms with Gasteiger partial charge in [-0.3, -0.25) is 4.99 Å². The molecule has 108 valence electrons. The summed E-state index contributed by atoms with van der Waals surface area (Å²) >= 11 is 11.8. The molecular weight excluding hydrogens is 332 g/mol. The van der Waals surface area contributed by atoms with Crippen molar-refractivity contribution in [3.05, 3.63) is 69.7 Å². The van der Waals surface area contributed by atoms with Crippen LogP contribution >= 0.6 is 23.2 Å². The smallest absolute Gasteiger partial charge is 0.548 e. The van der Waals surface area contributed by atoms with E-state index in [-0.39, 0.29) is 36.0 Å². The molecule has 0 spiro atoms. The average Bonchev–Trinajstić information content (AvgIpc) is 2.46. The molecule has 0 N–H and O–H groups in total. The van der Waals surface area contributed by atoms with Gasteiger partial charge in [-0.1, -0.05) is 59.6 Å². The quantitative estimate of drug-likeness (QED) is 0.556. The number of aliphatic imine (C=N–C) groups is 1. The van der Waals surface area contributed by atoms with E-state index >= 15 is 0 Å². The molecule has 1 unspecified atom stereocenters. The minimum atomic E-state index is -1.22. The van der Waals surface area contributed by atoms with E-state index in [0.29, 0.717) is 15.6 Å². The Morgan fingerprint density at radius 1 is 1.18 bits per heavy atom. The summed E-state index contributed by atoms with van der Waals surface area (Å²) in [5.74, 6) is -1.22. The van der Waals surface area contributed by atoms with Crippen molar-refractivity contribution in [1.82, 2.24) is 0 Å². The van der Waals surface area contributed by atoms with Gasteiger partial charge in [0.05, 0.1) is 17.0 Å². The van der Waals surface area contributed by atoms with Crippen LogP contribution in [0.4, 0.5) is 0 Å². The van der Waals surface area contributed by atoms with Crippen LogP contribution in [0.2, 0.25) is 10.0 Å². The number of carboxylic acid groups (broad SMARTS) is 1. The molecule has 0 radical (unpaired) electrons. The summed E-state index contributed by atoms with van der Waals surface area (Å²) < 4.78 is 0. The van der Waals surface area contributed by atoms with Gasteiger partial charge in [0.2, 0.25) is 0 Å². The van der Waals surface area contributed by atoms with Crippen molar-refractivity contribution in [3.8, 4) is 0 Å². The number of halogens is 2. The Labute approximate surface area is 161 Å². The van der Waals surface area contributed by atoms with E-state index in [4.69, 9.17) is 23.2 Å². The van der Waals surface area contributed by atoms with Crippen molar-refractivity contribution in [3.63, 3.8) is 0 Å². The van der Waals surface area contributed by atoms with Crippen molar-refractivity contribution in [2.45, 2.75) is 12.5 Å². The standard InChI is InChI=1S/C16H13Cl2NO2.Na/c17-13-7-6-12(14(18)9-13)10-19-15(16(20)21)8-11-4-2-1-3-5-11;/h1-7,9-10,15H,8H2,(H,20,21);/q;+1/p-1/b19-10+;. The van der Waals surface area contributed by atoms with Gasteiger partial charge in [-0.25, -0.2) is 0 Å². The molecule has 0 amide bonds. The third-order valence-electron chi connectivity index (χ3n) is 2.90. The molecule has 0 saturated carbocycles. The van der Waals surface area contributed by atoms with Gasteiger partial charge in [-0.2, -0.15) is 0 Å². The number of carboxylic acids is 1. The minimum Gasteiger partial charge on any atom is -0.548 e. The van der Waals surface area contributed by atoms with Crippen molar-refractivity contribution in [2.24, 2.45) is 4.99 Å². The molecule has 0 heterocycles. The molecule has 22 heavy (non-hydrogen) atoms. The van der Waals surface area contributed by atoms with Gasteiger partial charge in [0.25, 0.3) is 0 Å². The summed E-state index contributed by atoms with van der Waals surface area (Å²) in [5.41, 5.74) is 1.49. The number of hydrogen-bond donors (Lipinski definition) is 0. The van der Waals surface area contributed by atoms with Crippen molar-refractivity contribution >= 4 is 35.4 Å². The van der Waals surface area contributed by atoms with Crippen LogP contribution in [0.5, 0.6) is 0 Å². The van der Waals surface area contributed by atoms with Gasteiger partial charge in [0, 0.05) is 23.2 Å². The van der Waals surface area contributed by atoms with Gasteiger partial charge >= 0.3 is 29.6 Å². The minimum absolute atomic E-state index is 0. The fraction of sp³-hybridized carbons (Fsp3) is 0.125. The first kappa shape index (κ1) is 19.2. The molecule has 2 aromatic carbocycles. The Bertz CT molecular complexity index is 662. The number of hydrogen-bond acceptors (Lipinski definition) is 3. The topological polar surface area (TPSA) is 52.5 Å². The predicted molar refractivity (Wildman–Crippen MR) is 83.0 cm³/mol. The van der Waals surface area contributed by atoms with Crippen molar-refractivity contribution in [2.75, 3.05) is 0 Å². The molecular formula is C16H12Cl2NNaO2. The van der Waals surface area contributed by atoms with Gasteiger partial charge in [0.15, 0.2) is 0 Å². The molecule has 6 heteroatoms. The third kappa shape index (κ3) is 5.75. The van der Waals surface area contributed by atoms with Crippen molar-refractivity contribution < 1.29 is 39.5 Å². The SMILES string of the molecule is O=C([O-])C(Cc1ccccc1)/N=C/c1ccc(Cl)cc1Cl.[Na+]. The molecule has 0 aliphatic carbocycles. The van der Waals surface area contributed by atoms with Crippen LogP contribution < -0.4 is 34.7 Å². The third-order valence-corrected chi connectivity index (χ3v) is 3.46. The van der Waals surface area contributed by atoms with Gasteiger partial charge in [0.1, 0.15) is 0 Å². The molecule has 0 bridgehead atoms. The fourth-order valence-electron chi connectivity index (χ4n) is 1.81. The van der Waals surface area contributed by atoms with E-state index in [1.165, 1.54) is 6.21 Å². The molecule has 0 fully saturated rings. The summed E-state index contributed by atoms with van der Waals surface area (Å²) in [6.45, 7) is 0. The molecule has 2 aromatic rings. The van der Waals surface area contributed by atoms with Crippen LogP contribution in [-0.4, -0.2) is 18.2 Å². The number of rotatable bonds is 5. The summed E-state index contributed by atoms with van der Waals surface area (Å²) in [6.07, 6.45) is 1.70.